The van der Waals surface area contributed by atoms with Gasteiger partial charge in [0.25, 0.3) is 5.91 Å². The maximum absolute atomic E-state index is 12.3. The molecule has 0 aromatic carbocycles. The van der Waals surface area contributed by atoms with Crippen LogP contribution < -0.4 is 5.43 Å². The number of halogens is 3. The first kappa shape index (κ1) is 14.8. The van der Waals surface area contributed by atoms with E-state index in [-0.39, 0.29) is 6.54 Å². The minimum Gasteiger partial charge on any atom is -0.460 e. The van der Waals surface area contributed by atoms with Crippen molar-refractivity contribution in [1.29, 1.82) is 0 Å². The van der Waals surface area contributed by atoms with Crippen LogP contribution in [0.2, 0.25) is 0 Å². The zero-order valence-corrected chi connectivity index (χ0v) is 10.9. The lowest BCUT2D eigenvalue weighted by Gasteiger charge is -2.02. The molecule has 112 valence electrons. The topological polar surface area (TPSA) is 72.4 Å². The second-order valence-corrected chi connectivity index (χ2v) is 4.14. The van der Waals surface area contributed by atoms with E-state index in [0.29, 0.717) is 11.5 Å². The van der Waals surface area contributed by atoms with Crippen LogP contribution in [-0.4, -0.2) is 21.9 Å². The van der Waals surface area contributed by atoms with E-state index in [0.717, 1.165) is 16.9 Å². The fourth-order valence-electron chi connectivity index (χ4n) is 1.47. The van der Waals surface area contributed by atoms with Crippen molar-refractivity contribution in [1.82, 2.24) is 15.2 Å². The highest BCUT2D eigenvalue weighted by Gasteiger charge is 2.33. The smallest absolute Gasteiger partial charge is 0.435 e. The molecule has 1 N–H and O–H groups in total. The van der Waals surface area contributed by atoms with Crippen molar-refractivity contribution in [3.63, 3.8) is 0 Å². The molecule has 0 fully saturated rings. The van der Waals surface area contributed by atoms with Gasteiger partial charge in [0.15, 0.2) is 5.69 Å². The molecule has 2 rings (SSSR count). The molecule has 2 heterocycles. The van der Waals surface area contributed by atoms with E-state index >= 15 is 0 Å². The van der Waals surface area contributed by atoms with Gasteiger partial charge in [0.05, 0.1) is 6.21 Å². The molecular weight excluding hydrogens is 289 g/mol. The minimum atomic E-state index is -4.53. The molecule has 0 radical (unpaired) electrons. The first-order valence-corrected chi connectivity index (χ1v) is 5.83. The SMILES string of the molecule is Cc1ccc(/C=N/NC(=O)Cn2ccc(C(F)(F)F)n2)o1. The highest BCUT2D eigenvalue weighted by Crippen LogP contribution is 2.27. The zero-order chi connectivity index (χ0) is 15.5. The number of carbonyl (C=O) groups is 1. The third kappa shape index (κ3) is 4.20. The van der Waals surface area contributed by atoms with Crippen LogP contribution in [-0.2, 0) is 17.5 Å². The molecule has 0 saturated heterocycles. The molecule has 0 bridgehead atoms. The van der Waals surface area contributed by atoms with Crippen molar-refractivity contribution in [3.05, 3.63) is 41.6 Å². The van der Waals surface area contributed by atoms with Crippen molar-refractivity contribution < 1.29 is 22.4 Å². The van der Waals surface area contributed by atoms with Gasteiger partial charge in [0.1, 0.15) is 18.1 Å². The van der Waals surface area contributed by atoms with E-state index in [4.69, 9.17) is 4.42 Å². The van der Waals surface area contributed by atoms with Gasteiger partial charge >= 0.3 is 6.18 Å². The number of rotatable bonds is 4. The standard InChI is InChI=1S/C12H11F3N4O2/c1-8-2-3-9(21-8)6-16-17-11(20)7-19-5-4-10(18-19)12(13,14)15/h2-6H,7H2,1H3,(H,17,20)/b16-6+. The van der Waals surface area contributed by atoms with Crippen molar-refractivity contribution in [2.45, 2.75) is 19.6 Å². The van der Waals surface area contributed by atoms with Crippen LogP contribution in [0.15, 0.2) is 33.9 Å². The maximum atomic E-state index is 12.3. The Morgan fingerprint density at radius 1 is 1.48 bits per heavy atom. The summed E-state index contributed by atoms with van der Waals surface area (Å²) in [6.45, 7) is 1.39. The number of furan rings is 1. The van der Waals surface area contributed by atoms with E-state index in [9.17, 15) is 18.0 Å². The van der Waals surface area contributed by atoms with Gasteiger partial charge in [-0.05, 0) is 25.1 Å². The average molecular weight is 300 g/mol. The number of aryl methyl sites for hydroxylation is 1. The summed E-state index contributed by atoms with van der Waals surface area (Å²) in [5.74, 6) is 0.539. The van der Waals surface area contributed by atoms with Crippen molar-refractivity contribution in [3.8, 4) is 0 Å². The Hall–Kier alpha value is -2.58. The molecule has 0 aliphatic carbocycles. The molecule has 2 aromatic heterocycles. The molecule has 9 heteroatoms. The Morgan fingerprint density at radius 2 is 2.24 bits per heavy atom. The Balaban J connectivity index is 1.87. The van der Waals surface area contributed by atoms with Gasteiger partial charge < -0.3 is 4.42 Å². The van der Waals surface area contributed by atoms with E-state index in [1.54, 1.807) is 19.1 Å². The molecule has 0 atom stereocenters. The second-order valence-electron chi connectivity index (χ2n) is 4.14. The van der Waals surface area contributed by atoms with E-state index in [2.05, 4.69) is 15.6 Å². The van der Waals surface area contributed by atoms with Gasteiger partial charge in [0.2, 0.25) is 0 Å². The van der Waals surface area contributed by atoms with Gasteiger partial charge in [-0.3, -0.25) is 9.48 Å². The lowest BCUT2D eigenvalue weighted by Crippen LogP contribution is -2.23. The van der Waals surface area contributed by atoms with Crippen molar-refractivity contribution >= 4 is 12.1 Å². The first-order valence-electron chi connectivity index (χ1n) is 5.83. The molecule has 0 saturated carbocycles. The number of nitrogens with zero attached hydrogens (tertiary/aromatic N) is 3. The lowest BCUT2D eigenvalue weighted by atomic mass is 10.4. The van der Waals surface area contributed by atoms with Crippen molar-refractivity contribution in [2.24, 2.45) is 5.10 Å². The van der Waals surface area contributed by atoms with Gasteiger partial charge in [-0.1, -0.05) is 0 Å². The molecule has 0 unspecified atom stereocenters. The molecule has 0 aliphatic heterocycles. The van der Waals surface area contributed by atoms with E-state index in [1.807, 2.05) is 0 Å². The summed E-state index contributed by atoms with van der Waals surface area (Å²) in [5.41, 5.74) is 1.11. The van der Waals surface area contributed by atoms with Crippen molar-refractivity contribution in [2.75, 3.05) is 0 Å². The summed E-state index contributed by atoms with van der Waals surface area (Å²) in [5, 5.41) is 6.88. The summed E-state index contributed by atoms with van der Waals surface area (Å²) >= 11 is 0. The highest BCUT2D eigenvalue weighted by atomic mass is 19.4. The van der Waals surface area contributed by atoms with Gasteiger partial charge in [-0.15, -0.1) is 0 Å². The van der Waals surface area contributed by atoms with Crippen LogP contribution >= 0.6 is 0 Å². The summed E-state index contributed by atoms with van der Waals surface area (Å²) in [4.78, 5) is 11.5. The predicted molar refractivity (Wildman–Crippen MR) is 66.4 cm³/mol. The zero-order valence-electron chi connectivity index (χ0n) is 10.9. The fraction of sp³-hybridized carbons (Fsp3) is 0.250. The number of carbonyl (C=O) groups excluding carboxylic acids is 1. The molecule has 1 amide bonds. The van der Waals surface area contributed by atoms with Gasteiger partial charge in [-0.2, -0.15) is 23.4 Å². The molecular formula is C12H11F3N4O2. The lowest BCUT2D eigenvalue weighted by molar-refractivity contribution is -0.141. The largest absolute Gasteiger partial charge is 0.460 e. The molecule has 2 aromatic rings. The third-order valence-electron chi connectivity index (χ3n) is 2.38. The van der Waals surface area contributed by atoms with Crippen LogP contribution in [0.3, 0.4) is 0 Å². The Labute approximate surface area is 117 Å². The van der Waals surface area contributed by atoms with Crippen LogP contribution in [0.5, 0.6) is 0 Å². The minimum absolute atomic E-state index is 0.370. The average Bonchev–Trinajstić information content (AvgIpc) is 2.98. The molecule has 6 nitrogen and oxygen atoms in total. The number of hydrazone groups is 1. The fourth-order valence-corrected chi connectivity index (χ4v) is 1.47. The maximum Gasteiger partial charge on any atom is 0.435 e. The van der Waals surface area contributed by atoms with Gasteiger partial charge in [0, 0.05) is 6.20 Å². The Morgan fingerprint density at radius 3 is 2.81 bits per heavy atom. The summed E-state index contributed by atoms with van der Waals surface area (Å²) in [7, 11) is 0. The summed E-state index contributed by atoms with van der Waals surface area (Å²) < 4.78 is 43.0. The molecule has 21 heavy (non-hydrogen) atoms. The van der Waals surface area contributed by atoms with Crippen LogP contribution in [0.25, 0.3) is 0 Å². The predicted octanol–water partition coefficient (Wildman–Crippen LogP) is 1.95. The number of nitrogens with one attached hydrogen (secondary N) is 1. The molecule has 0 spiro atoms. The molecule has 0 aliphatic rings. The number of hydrogen-bond acceptors (Lipinski definition) is 4. The number of amides is 1. The van der Waals surface area contributed by atoms with Gasteiger partial charge in [-0.25, -0.2) is 5.43 Å². The van der Waals surface area contributed by atoms with E-state index in [1.165, 1.54) is 6.21 Å². The summed E-state index contributed by atoms with van der Waals surface area (Å²) in [6.07, 6.45) is -2.17. The van der Waals surface area contributed by atoms with E-state index < -0.39 is 17.8 Å². The number of hydrogen-bond donors (Lipinski definition) is 1. The van der Waals surface area contributed by atoms with Crippen LogP contribution in [0, 0.1) is 6.92 Å². The Kier molecular flexibility index (Phi) is 4.10. The number of aromatic nitrogens is 2. The Bertz CT molecular complexity index is 658. The summed E-state index contributed by atoms with van der Waals surface area (Å²) in [6, 6.07) is 4.18. The normalized spacial score (nSPS) is 12.0. The van der Waals surface area contributed by atoms with Crippen LogP contribution in [0.1, 0.15) is 17.2 Å². The quantitative estimate of drug-likeness (QED) is 0.693. The third-order valence-corrected chi connectivity index (χ3v) is 2.38. The monoisotopic (exact) mass is 300 g/mol. The highest BCUT2D eigenvalue weighted by molar-refractivity contribution is 5.80. The van der Waals surface area contributed by atoms with Crippen LogP contribution in [0.4, 0.5) is 13.2 Å². The number of alkyl halides is 3. The second kappa shape index (κ2) is 5.81. The first-order chi connectivity index (χ1) is 9.84.